The van der Waals surface area contributed by atoms with Crippen molar-refractivity contribution in [2.45, 2.75) is 32.8 Å². The summed E-state index contributed by atoms with van der Waals surface area (Å²) in [4.78, 5) is 16.2. The van der Waals surface area contributed by atoms with Crippen LogP contribution < -0.4 is 5.32 Å². The number of hydrogen-bond acceptors (Lipinski definition) is 4. The summed E-state index contributed by atoms with van der Waals surface area (Å²) >= 11 is 1.51. The highest BCUT2D eigenvalue weighted by molar-refractivity contribution is 7.09. The molecule has 0 unspecified atom stereocenters. The van der Waals surface area contributed by atoms with E-state index in [1.54, 1.807) is 12.1 Å². The van der Waals surface area contributed by atoms with Crippen molar-refractivity contribution < 1.29 is 13.9 Å². The van der Waals surface area contributed by atoms with Gasteiger partial charge < -0.3 is 10.1 Å². The first kappa shape index (κ1) is 17.6. The van der Waals surface area contributed by atoms with Gasteiger partial charge in [-0.1, -0.05) is 0 Å². The van der Waals surface area contributed by atoms with Crippen molar-refractivity contribution in [3.05, 3.63) is 40.5 Å². The van der Waals surface area contributed by atoms with E-state index in [2.05, 4.69) is 10.3 Å². The van der Waals surface area contributed by atoms with Crippen molar-refractivity contribution in [2.24, 2.45) is 0 Å². The van der Waals surface area contributed by atoms with Gasteiger partial charge in [-0.2, -0.15) is 0 Å². The second-order valence-electron chi connectivity index (χ2n) is 5.40. The third kappa shape index (κ3) is 6.08. The zero-order chi connectivity index (χ0) is 16.7. The normalized spacial score (nSPS) is 11.0. The van der Waals surface area contributed by atoms with E-state index >= 15 is 0 Å². The number of amides is 1. The van der Waals surface area contributed by atoms with Gasteiger partial charge in [0.15, 0.2) is 0 Å². The van der Waals surface area contributed by atoms with Gasteiger partial charge in [0.2, 0.25) is 5.91 Å². The molecule has 0 saturated heterocycles. The molecule has 0 spiro atoms. The molecule has 0 aliphatic carbocycles. The van der Waals surface area contributed by atoms with Crippen molar-refractivity contribution in [1.82, 2.24) is 10.3 Å². The highest BCUT2D eigenvalue weighted by atomic mass is 32.1. The molecule has 0 aliphatic heterocycles. The molecule has 1 aromatic heterocycles. The van der Waals surface area contributed by atoms with Gasteiger partial charge in [-0.05, 0) is 38.1 Å². The van der Waals surface area contributed by atoms with Crippen LogP contribution in [0.1, 0.15) is 25.3 Å². The molecule has 0 aliphatic rings. The lowest BCUT2D eigenvalue weighted by atomic mass is 10.2. The lowest BCUT2D eigenvalue weighted by Crippen LogP contribution is -2.28. The van der Waals surface area contributed by atoms with Crippen LogP contribution in [0.5, 0.6) is 0 Å². The number of aryl methyl sites for hydroxylation is 1. The summed E-state index contributed by atoms with van der Waals surface area (Å²) in [6.07, 6.45) is 1.17. The van der Waals surface area contributed by atoms with Gasteiger partial charge in [-0.15, -0.1) is 11.3 Å². The number of carbonyl (C=O) groups excluding carboxylic acids is 1. The van der Waals surface area contributed by atoms with Crippen LogP contribution in [0.4, 0.5) is 4.39 Å². The SMILES string of the molecule is CC(C)OCCNC(=O)CCc1nc(-c2ccc(F)cc2)cs1. The van der Waals surface area contributed by atoms with E-state index in [4.69, 9.17) is 4.74 Å². The lowest BCUT2D eigenvalue weighted by Gasteiger charge is -2.08. The average Bonchev–Trinajstić information content (AvgIpc) is 2.99. The van der Waals surface area contributed by atoms with Crippen LogP contribution in [-0.4, -0.2) is 30.1 Å². The number of nitrogens with zero attached hydrogens (tertiary/aromatic N) is 1. The molecular weight excluding hydrogens is 315 g/mol. The smallest absolute Gasteiger partial charge is 0.220 e. The van der Waals surface area contributed by atoms with E-state index in [-0.39, 0.29) is 17.8 Å². The van der Waals surface area contributed by atoms with Gasteiger partial charge in [0, 0.05) is 30.3 Å². The third-order valence-corrected chi connectivity index (χ3v) is 4.04. The van der Waals surface area contributed by atoms with Gasteiger partial charge in [-0.3, -0.25) is 4.79 Å². The molecule has 1 amide bonds. The van der Waals surface area contributed by atoms with Crippen LogP contribution in [0, 0.1) is 5.82 Å². The number of hydrogen-bond donors (Lipinski definition) is 1. The molecule has 0 fully saturated rings. The predicted molar refractivity (Wildman–Crippen MR) is 89.9 cm³/mol. The summed E-state index contributed by atoms with van der Waals surface area (Å²) < 4.78 is 18.3. The molecule has 6 heteroatoms. The van der Waals surface area contributed by atoms with Crippen LogP contribution in [0.2, 0.25) is 0 Å². The second kappa shape index (κ2) is 8.74. The molecular formula is C17H21FN2O2S. The molecule has 2 aromatic rings. The minimum atomic E-state index is -0.262. The summed E-state index contributed by atoms with van der Waals surface area (Å²) in [7, 11) is 0. The van der Waals surface area contributed by atoms with Gasteiger partial charge in [0.05, 0.1) is 23.4 Å². The zero-order valence-corrected chi connectivity index (χ0v) is 14.2. The standard InChI is InChI=1S/C17H21FN2O2S/c1-12(2)22-10-9-19-16(21)7-8-17-20-15(11-23-17)13-3-5-14(18)6-4-13/h3-6,11-12H,7-10H2,1-2H3,(H,19,21). The number of rotatable bonds is 8. The molecule has 0 saturated carbocycles. The minimum absolute atomic E-state index is 0.00381. The Morgan fingerprint density at radius 2 is 2.09 bits per heavy atom. The van der Waals surface area contributed by atoms with Crippen LogP contribution in [0.15, 0.2) is 29.6 Å². The number of aromatic nitrogens is 1. The topological polar surface area (TPSA) is 51.2 Å². The Kier molecular flexibility index (Phi) is 6.67. The van der Waals surface area contributed by atoms with E-state index in [0.717, 1.165) is 16.3 Å². The van der Waals surface area contributed by atoms with Crippen molar-refractivity contribution in [3.63, 3.8) is 0 Å². The van der Waals surface area contributed by atoms with Crippen LogP contribution in [0.25, 0.3) is 11.3 Å². The fourth-order valence-corrected chi connectivity index (χ4v) is 2.78. The molecule has 1 aromatic carbocycles. The quantitative estimate of drug-likeness (QED) is 0.752. The number of carbonyl (C=O) groups is 1. The number of ether oxygens (including phenoxy) is 1. The van der Waals surface area contributed by atoms with E-state index in [1.807, 2.05) is 19.2 Å². The number of benzene rings is 1. The number of nitrogens with one attached hydrogen (secondary N) is 1. The highest BCUT2D eigenvalue weighted by Gasteiger charge is 2.07. The maximum absolute atomic E-state index is 12.9. The lowest BCUT2D eigenvalue weighted by molar-refractivity contribution is -0.121. The maximum Gasteiger partial charge on any atom is 0.220 e. The Balaban J connectivity index is 1.76. The van der Waals surface area contributed by atoms with Crippen LogP contribution in [-0.2, 0) is 16.0 Å². The Hall–Kier alpha value is -1.79. The minimum Gasteiger partial charge on any atom is -0.377 e. The van der Waals surface area contributed by atoms with Crippen LogP contribution in [0.3, 0.4) is 0 Å². The fourth-order valence-electron chi connectivity index (χ4n) is 1.97. The first-order valence-corrected chi connectivity index (χ1v) is 8.51. The Morgan fingerprint density at radius 1 is 1.35 bits per heavy atom. The first-order chi connectivity index (χ1) is 11.0. The summed E-state index contributed by atoms with van der Waals surface area (Å²) in [6.45, 7) is 4.97. The van der Waals surface area contributed by atoms with Gasteiger partial charge in [0.25, 0.3) is 0 Å². The van der Waals surface area contributed by atoms with Crippen molar-refractivity contribution >= 4 is 17.2 Å². The fraction of sp³-hybridized carbons (Fsp3) is 0.412. The molecule has 0 bridgehead atoms. The molecule has 2 rings (SSSR count). The Bertz CT molecular complexity index is 626. The predicted octanol–water partition coefficient (Wildman–Crippen LogP) is 3.42. The summed E-state index contributed by atoms with van der Waals surface area (Å²) in [6, 6.07) is 6.24. The Morgan fingerprint density at radius 3 is 2.78 bits per heavy atom. The number of halogens is 1. The summed E-state index contributed by atoms with van der Waals surface area (Å²) in [5, 5.41) is 5.65. The maximum atomic E-state index is 12.9. The van der Waals surface area contributed by atoms with Crippen molar-refractivity contribution in [2.75, 3.05) is 13.2 Å². The zero-order valence-electron chi connectivity index (χ0n) is 13.3. The van der Waals surface area contributed by atoms with E-state index in [0.29, 0.717) is 26.0 Å². The molecule has 0 atom stereocenters. The monoisotopic (exact) mass is 336 g/mol. The van der Waals surface area contributed by atoms with Crippen molar-refractivity contribution in [1.29, 1.82) is 0 Å². The second-order valence-corrected chi connectivity index (χ2v) is 6.35. The van der Waals surface area contributed by atoms with Crippen molar-refractivity contribution in [3.8, 4) is 11.3 Å². The summed E-state index contributed by atoms with van der Waals surface area (Å²) in [5.74, 6) is -0.266. The Labute approximate surface area is 139 Å². The molecule has 4 nitrogen and oxygen atoms in total. The molecule has 1 N–H and O–H groups in total. The molecule has 1 heterocycles. The third-order valence-electron chi connectivity index (χ3n) is 3.13. The molecule has 23 heavy (non-hydrogen) atoms. The molecule has 0 radical (unpaired) electrons. The highest BCUT2D eigenvalue weighted by Crippen LogP contribution is 2.22. The van der Waals surface area contributed by atoms with Gasteiger partial charge in [0.1, 0.15) is 5.82 Å². The first-order valence-electron chi connectivity index (χ1n) is 7.63. The van der Waals surface area contributed by atoms with Gasteiger partial charge >= 0.3 is 0 Å². The average molecular weight is 336 g/mol. The van der Waals surface area contributed by atoms with E-state index < -0.39 is 0 Å². The number of thiazole rings is 1. The van der Waals surface area contributed by atoms with E-state index in [1.165, 1.54) is 23.5 Å². The molecule has 124 valence electrons. The van der Waals surface area contributed by atoms with Crippen LogP contribution >= 0.6 is 11.3 Å². The summed E-state index contributed by atoms with van der Waals surface area (Å²) in [5.41, 5.74) is 1.69. The largest absolute Gasteiger partial charge is 0.377 e. The van der Waals surface area contributed by atoms with E-state index in [9.17, 15) is 9.18 Å². The van der Waals surface area contributed by atoms with Gasteiger partial charge in [-0.25, -0.2) is 9.37 Å².